The molecule has 6 nitrogen and oxygen atoms in total. The zero-order chi connectivity index (χ0) is 23.9. The van der Waals surface area contributed by atoms with Crippen molar-refractivity contribution in [3.63, 3.8) is 0 Å². The first kappa shape index (κ1) is 22.6. The minimum Gasteiger partial charge on any atom is -0.476 e. The van der Waals surface area contributed by atoms with Crippen LogP contribution in [0.15, 0.2) is 65.6 Å². The van der Waals surface area contributed by atoms with Crippen molar-refractivity contribution in [3.05, 3.63) is 88.8 Å². The summed E-state index contributed by atoms with van der Waals surface area (Å²) in [6.07, 6.45) is 9.88. The Kier molecular flexibility index (Phi) is 5.68. The number of fused-ring (bicyclic) bond motifs is 1. The van der Waals surface area contributed by atoms with Crippen molar-refractivity contribution in [2.24, 2.45) is 5.92 Å². The lowest BCUT2D eigenvalue weighted by atomic mass is 9.61. The van der Waals surface area contributed by atoms with E-state index >= 15 is 0 Å². The van der Waals surface area contributed by atoms with Crippen LogP contribution in [0.5, 0.6) is 0 Å². The first-order valence-electron chi connectivity index (χ1n) is 11.7. The quantitative estimate of drug-likeness (QED) is 0.546. The molecule has 3 aromatic rings. The number of rotatable bonds is 5. The fourth-order valence-corrected chi connectivity index (χ4v) is 6.92. The van der Waals surface area contributed by atoms with Crippen LogP contribution in [0.3, 0.4) is 0 Å². The largest absolute Gasteiger partial charge is 0.476 e. The minimum atomic E-state index is -4.06. The van der Waals surface area contributed by atoms with Crippen LogP contribution >= 0.6 is 0 Å². The average molecular weight is 477 g/mol. The third kappa shape index (κ3) is 3.68. The van der Waals surface area contributed by atoms with Crippen LogP contribution < -0.4 is 0 Å². The summed E-state index contributed by atoms with van der Waals surface area (Å²) in [5.74, 6) is -0.893. The fraction of sp³-hybridized carbons (Fsp3) is 0.333. The maximum absolute atomic E-state index is 13.7. The molecular formula is C27H28N2O4S. The van der Waals surface area contributed by atoms with Gasteiger partial charge in [-0.15, -0.1) is 5.10 Å². The van der Waals surface area contributed by atoms with Crippen LogP contribution in [-0.4, -0.2) is 28.7 Å². The third-order valence-electron chi connectivity index (χ3n) is 7.39. The maximum Gasteiger partial charge on any atom is 0.357 e. The summed E-state index contributed by atoms with van der Waals surface area (Å²) < 4.78 is 28.3. The molecule has 176 valence electrons. The number of hydrogen-bond donors (Lipinski definition) is 1. The molecule has 0 radical (unpaired) electrons. The van der Waals surface area contributed by atoms with E-state index in [1.165, 1.54) is 6.42 Å². The van der Waals surface area contributed by atoms with E-state index in [9.17, 15) is 18.3 Å². The van der Waals surface area contributed by atoms with Gasteiger partial charge in [-0.05, 0) is 43.4 Å². The predicted molar refractivity (Wildman–Crippen MR) is 130 cm³/mol. The third-order valence-corrected chi connectivity index (χ3v) is 9.01. The van der Waals surface area contributed by atoms with Gasteiger partial charge < -0.3 is 5.11 Å². The van der Waals surface area contributed by atoms with Gasteiger partial charge in [0, 0.05) is 17.4 Å². The van der Waals surface area contributed by atoms with Gasteiger partial charge in [-0.2, -0.15) is 12.5 Å². The first-order chi connectivity index (χ1) is 16.3. The SMILES string of the molecule is Cc1ccc(S(=O)(=O)n2nc(C(=O)O)c3c2CC(c2ccccc2)(C2CCCCC2)C=C3)cc1. The molecule has 2 aliphatic rings. The van der Waals surface area contributed by atoms with Crippen molar-refractivity contribution in [1.82, 2.24) is 9.19 Å². The number of carbonyl (C=O) groups is 1. The number of aryl methyl sites for hydroxylation is 1. The van der Waals surface area contributed by atoms with Crippen molar-refractivity contribution in [2.75, 3.05) is 0 Å². The van der Waals surface area contributed by atoms with E-state index in [-0.39, 0.29) is 10.6 Å². The summed E-state index contributed by atoms with van der Waals surface area (Å²) in [6.45, 7) is 1.89. The lowest BCUT2D eigenvalue weighted by molar-refractivity contribution is 0.0690. The second-order valence-corrected chi connectivity index (χ2v) is 11.2. The summed E-state index contributed by atoms with van der Waals surface area (Å²) >= 11 is 0. The Bertz CT molecular complexity index is 1350. The Labute approximate surface area is 200 Å². The predicted octanol–water partition coefficient (Wildman–Crippen LogP) is 5.21. The molecule has 0 saturated heterocycles. The fourth-order valence-electron chi connectivity index (χ4n) is 5.60. The molecule has 34 heavy (non-hydrogen) atoms. The Morgan fingerprint density at radius 1 is 1.03 bits per heavy atom. The van der Waals surface area contributed by atoms with Crippen LogP contribution in [0.1, 0.15) is 65.0 Å². The number of allylic oxidation sites excluding steroid dienone is 1. The molecule has 5 rings (SSSR count). The molecule has 0 bridgehead atoms. The first-order valence-corrected chi connectivity index (χ1v) is 13.2. The summed E-state index contributed by atoms with van der Waals surface area (Å²) in [5.41, 5.74) is 2.25. The van der Waals surface area contributed by atoms with Crippen molar-refractivity contribution in [1.29, 1.82) is 0 Å². The van der Waals surface area contributed by atoms with Crippen LogP contribution in [0.25, 0.3) is 6.08 Å². The van der Waals surface area contributed by atoms with E-state index < -0.39 is 21.4 Å². The monoisotopic (exact) mass is 476 g/mol. The van der Waals surface area contributed by atoms with Gasteiger partial charge in [0.25, 0.3) is 10.0 Å². The van der Waals surface area contributed by atoms with Crippen molar-refractivity contribution in [3.8, 4) is 0 Å². The van der Waals surface area contributed by atoms with Crippen molar-refractivity contribution < 1.29 is 18.3 Å². The molecular weight excluding hydrogens is 448 g/mol. The molecule has 1 saturated carbocycles. The summed E-state index contributed by atoms with van der Waals surface area (Å²) in [7, 11) is -4.06. The highest BCUT2D eigenvalue weighted by atomic mass is 32.2. The molecule has 1 atom stereocenters. The summed E-state index contributed by atoms with van der Waals surface area (Å²) in [5, 5.41) is 14.0. The van der Waals surface area contributed by atoms with Crippen LogP contribution in [0, 0.1) is 12.8 Å². The lowest BCUT2D eigenvalue weighted by Crippen LogP contribution is -2.39. The van der Waals surface area contributed by atoms with E-state index in [2.05, 4.69) is 23.3 Å². The molecule has 2 aromatic carbocycles. The molecule has 7 heteroatoms. The Morgan fingerprint density at radius 2 is 1.71 bits per heavy atom. The standard InChI is InChI=1S/C27H28N2O4S/c1-19-12-14-22(15-13-19)34(32,33)29-24-18-27(20-8-4-2-5-9-20,21-10-6-3-7-11-21)17-16-23(24)25(28-29)26(30)31/h2,4-5,8-9,12-17,21H,3,6-7,10-11,18H2,1H3,(H,30,31). The number of carboxylic acids is 1. The summed E-state index contributed by atoms with van der Waals surface area (Å²) in [4.78, 5) is 12.1. The minimum absolute atomic E-state index is 0.0952. The van der Waals surface area contributed by atoms with E-state index in [1.807, 2.05) is 25.1 Å². The topological polar surface area (TPSA) is 89.3 Å². The van der Waals surface area contributed by atoms with Crippen molar-refractivity contribution >= 4 is 22.1 Å². The van der Waals surface area contributed by atoms with Gasteiger partial charge in [-0.25, -0.2) is 4.79 Å². The van der Waals surface area contributed by atoms with Gasteiger partial charge in [0.2, 0.25) is 0 Å². The normalized spacial score (nSPS) is 20.7. The van der Waals surface area contributed by atoms with Gasteiger partial charge in [0.05, 0.1) is 10.6 Å². The number of carboxylic acid groups (broad SMARTS) is 1. The van der Waals surface area contributed by atoms with Gasteiger partial charge >= 0.3 is 5.97 Å². The Balaban J connectivity index is 1.70. The highest BCUT2D eigenvalue weighted by molar-refractivity contribution is 7.89. The Hall–Kier alpha value is -3.19. The Morgan fingerprint density at radius 3 is 2.35 bits per heavy atom. The highest BCUT2D eigenvalue weighted by Crippen LogP contribution is 2.48. The number of nitrogens with zero attached hydrogens (tertiary/aromatic N) is 2. The highest BCUT2D eigenvalue weighted by Gasteiger charge is 2.44. The lowest BCUT2D eigenvalue weighted by Gasteiger charge is -2.43. The maximum atomic E-state index is 13.7. The van der Waals surface area contributed by atoms with Crippen LogP contribution in [0.2, 0.25) is 0 Å². The van der Waals surface area contributed by atoms with Gasteiger partial charge in [-0.3, -0.25) is 0 Å². The van der Waals surface area contributed by atoms with E-state index in [0.717, 1.165) is 40.9 Å². The van der Waals surface area contributed by atoms with Gasteiger partial charge in [0.1, 0.15) is 0 Å². The van der Waals surface area contributed by atoms with Crippen molar-refractivity contribution in [2.45, 2.75) is 55.8 Å². The van der Waals surface area contributed by atoms with Crippen LogP contribution in [-0.2, 0) is 21.9 Å². The molecule has 1 aromatic heterocycles. The van der Waals surface area contributed by atoms with Crippen LogP contribution in [0.4, 0.5) is 0 Å². The number of aromatic nitrogens is 2. The summed E-state index contributed by atoms with van der Waals surface area (Å²) in [6, 6.07) is 16.7. The van der Waals surface area contributed by atoms with E-state index in [1.54, 1.807) is 30.3 Å². The van der Waals surface area contributed by atoms with E-state index in [4.69, 9.17) is 0 Å². The molecule has 2 aliphatic carbocycles. The molecule has 0 aliphatic heterocycles. The number of benzene rings is 2. The molecule has 0 spiro atoms. The van der Waals surface area contributed by atoms with E-state index in [0.29, 0.717) is 23.6 Å². The zero-order valence-electron chi connectivity index (χ0n) is 19.1. The molecule has 0 amide bonds. The zero-order valence-corrected chi connectivity index (χ0v) is 20.0. The number of aromatic carboxylic acids is 1. The molecule has 1 fully saturated rings. The molecule has 1 heterocycles. The molecule has 1 unspecified atom stereocenters. The smallest absolute Gasteiger partial charge is 0.357 e. The second-order valence-electron chi connectivity index (χ2n) is 9.43. The number of hydrogen-bond acceptors (Lipinski definition) is 4. The second kappa shape index (κ2) is 8.55. The van der Waals surface area contributed by atoms with Gasteiger partial charge in [0.15, 0.2) is 5.69 Å². The average Bonchev–Trinajstić information content (AvgIpc) is 3.25. The molecule has 1 N–H and O–H groups in total. The van der Waals surface area contributed by atoms with Gasteiger partial charge in [-0.1, -0.05) is 79.4 Å².